The summed E-state index contributed by atoms with van der Waals surface area (Å²) in [5.74, 6) is 0.736. The molecule has 0 saturated heterocycles. The Morgan fingerprint density at radius 3 is 2.56 bits per heavy atom. The molecule has 0 heterocycles. The van der Waals surface area contributed by atoms with Crippen molar-refractivity contribution in [2.45, 2.75) is 65.1 Å². The predicted octanol–water partition coefficient (Wildman–Crippen LogP) is 6.93. The molecule has 1 N–H and O–H groups in total. The number of carbonyl (C=O) groups excluding carboxylic acids is 1. The molecule has 3 aromatic carbocycles. The van der Waals surface area contributed by atoms with Crippen LogP contribution in [0.5, 0.6) is 11.5 Å². The summed E-state index contributed by atoms with van der Waals surface area (Å²) < 4.78 is 31.7. The van der Waals surface area contributed by atoms with Gasteiger partial charge in [0.05, 0.1) is 25.7 Å². The summed E-state index contributed by atoms with van der Waals surface area (Å²) in [4.78, 5) is 12.4. The predicted molar refractivity (Wildman–Crippen MR) is 148 cm³/mol. The number of halogens is 1. The lowest BCUT2D eigenvalue weighted by Crippen LogP contribution is -2.19. The standard InChI is InChI=1S/C33H37FO5/c1-6-38-31(36)28-18-33(28)14-13-21-8-9-23(17-27(21)33)39-19-20-7-11-24(26(15-20)30(35)32(2,3)4)25-16-22(37-5)10-12-29(25)34/h7-12,15-17,28,30,35H,6,13-14,18-19H2,1-5H3/t28-,30?,33-/m0/s1. The Labute approximate surface area is 229 Å². The molecular formula is C33H37FO5. The van der Waals surface area contributed by atoms with Crippen molar-refractivity contribution in [1.29, 1.82) is 0 Å². The summed E-state index contributed by atoms with van der Waals surface area (Å²) in [6.07, 6.45) is 1.93. The van der Waals surface area contributed by atoms with E-state index in [2.05, 4.69) is 12.1 Å². The molecule has 0 aromatic heterocycles. The first-order valence-electron chi connectivity index (χ1n) is 13.6. The minimum atomic E-state index is -0.826. The number of aliphatic hydroxyl groups excluding tert-OH is 1. The number of hydrogen-bond acceptors (Lipinski definition) is 5. The lowest BCUT2D eigenvalue weighted by molar-refractivity contribution is -0.145. The van der Waals surface area contributed by atoms with Gasteiger partial charge in [-0.25, -0.2) is 4.39 Å². The van der Waals surface area contributed by atoms with Crippen molar-refractivity contribution in [3.05, 3.63) is 82.7 Å². The second kappa shape index (κ2) is 10.3. The number of esters is 1. The van der Waals surface area contributed by atoms with Gasteiger partial charge < -0.3 is 19.3 Å². The van der Waals surface area contributed by atoms with Crippen LogP contribution in [0, 0.1) is 17.2 Å². The summed E-state index contributed by atoms with van der Waals surface area (Å²) >= 11 is 0. The first-order valence-corrected chi connectivity index (χ1v) is 13.6. The number of carbonyl (C=O) groups is 1. The van der Waals surface area contributed by atoms with Gasteiger partial charge in [-0.15, -0.1) is 0 Å². The number of benzene rings is 3. The molecule has 6 heteroatoms. The lowest BCUT2D eigenvalue weighted by atomic mass is 9.81. The molecule has 5 nitrogen and oxygen atoms in total. The van der Waals surface area contributed by atoms with Crippen molar-refractivity contribution >= 4 is 5.97 Å². The van der Waals surface area contributed by atoms with E-state index in [0.717, 1.165) is 30.6 Å². The minimum Gasteiger partial charge on any atom is -0.497 e. The van der Waals surface area contributed by atoms with Crippen LogP contribution in [0.1, 0.15) is 68.9 Å². The van der Waals surface area contributed by atoms with E-state index >= 15 is 0 Å². The van der Waals surface area contributed by atoms with Crippen molar-refractivity contribution in [2.75, 3.05) is 13.7 Å². The number of fused-ring (bicyclic) bond motifs is 2. The first-order chi connectivity index (χ1) is 18.6. The van der Waals surface area contributed by atoms with Gasteiger partial charge in [0, 0.05) is 11.0 Å². The van der Waals surface area contributed by atoms with Crippen molar-refractivity contribution < 1.29 is 28.5 Å². The maximum Gasteiger partial charge on any atom is 0.309 e. The maximum atomic E-state index is 14.9. The summed E-state index contributed by atoms with van der Waals surface area (Å²) in [6.45, 7) is 8.39. The van der Waals surface area contributed by atoms with Crippen LogP contribution in [-0.2, 0) is 28.0 Å². The van der Waals surface area contributed by atoms with Gasteiger partial charge in [-0.1, -0.05) is 39.0 Å². The smallest absolute Gasteiger partial charge is 0.309 e. The largest absolute Gasteiger partial charge is 0.497 e. The molecule has 1 spiro atoms. The van der Waals surface area contributed by atoms with E-state index in [1.54, 1.807) is 19.2 Å². The van der Waals surface area contributed by atoms with E-state index in [0.29, 0.717) is 29.0 Å². The summed E-state index contributed by atoms with van der Waals surface area (Å²) in [5, 5.41) is 11.3. The number of rotatable bonds is 8. The number of hydrogen-bond donors (Lipinski definition) is 1. The van der Waals surface area contributed by atoms with Crippen LogP contribution in [0.3, 0.4) is 0 Å². The van der Waals surface area contributed by atoms with E-state index in [9.17, 15) is 14.3 Å². The average molecular weight is 533 g/mol. The van der Waals surface area contributed by atoms with Gasteiger partial charge in [0.1, 0.15) is 23.9 Å². The van der Waals surface area contributed by atoms with Gasteiger partial charge in [-0.2, -0.15) is 0 Å². The number of methoxy groups -OCH3 is 1. The fraction of sp³-hybridized carbons (Fsp3) is 0.424. The molecule has 1 saturated carbocycles. The van der Waals surface area contributed by atoms with Crippen LogP contribution in [0.2, 0.25) is 0 Å². The third kappa shape index (κ3) is 5.14. The van der Waals surface area contributed by atoms with Gasteiger partial charge in [0.2, 0.25) is 0 Å². The molecule has 0 amide bonds. The Bertz CT molecular complexity index is 1390. The summed E-state index contributed by atoms with van der Waals surface area (Å²) in [6, 6.07) is 16.4. The van der Waals surface area contributed by atoms with Crippen LogP contribution >= 0.6 is 0 Å². The molecule has 2 aliphatic rings. The molecule has 206 valence electrons. The lowest BCUT2D eigenvalue weighted by Gasteiger charge is -2.28. The molecule has 3 aromatic rings. The highest BCUT2D eigenvalue weighted by Gasteiger charge is 2.62. The van der Waals surface area contributed by atoms with Gasteiger partial charge >= 0.3 is 5.97 Å². The Morgan fingerprint density at radius 2 is 1.85 bits per heavy atom. The molecule has 5 rings (SSSR count). The van der Waals surface area contributed by atoms with E-state index in [4.69, 9.17) is 14.2 Å². The van der Waals surface area contributed by atoms with Crippen LogP contribution < -0.4 is 9.47 Å². The Balaban J connectivity index is 1.41. The van der Waals surface area contributed by atoms with Gasteiger partial charge in [-0.05, 0) is 95.8 Å². The second-order valence-electron chi connectivity index (χ2n) is 11.8. The number of aliphatic hydroxyl groups is 1. The zero-order valence-electron chi connectivity index (χ0n) is 23.3. The number of ether oxygens (including phenoxy) is 3. The third-order valence-electron chi connectivity index (χ3n) is 8.20. The van der Waals surface area contributed by atoms with E-state index in [-0.39, 0.29) is 29.7 Å². The highest BCUT2D eigenvalue weighted by atomic mass is 19.1. The molecule has 1 fully saturated rings. The third-order valence-corrected chi connectivity index (χ3v) is 8.20. The van der Waals surface area contributed by atoms with E-state index in [1.165, 1.54) is 17.2 Å². The van der Waals surface area contributed by atoms with Crippen LogP contribution in [0.25, 0.3) is 11.1 Å². The second-order valence-corrected chi connectivity index (χ2v) is 11.8. The van der Waals surface area contributed by atoms with Crippen LogP contribution in [-0.4, -0.2) is 24.8 Å². The zero-order valence-corrected chi connectivity index (χ0v) is 23.3. The van der Waals surface area contributed by atoms with Gasteiger partial charge in [0.25, 0.3) is 0 Å². The fourth-order valence-corrected chi connectivity index (χ4v) is 5.89. The summed E-state index contributed by atoms with van der Waals surface area (Å²) in [7, 11) is 1.55. The summed E-state index contributed by atoms with van der Waals surface area (Å²) in [5.41, 5.74) is 4.40. The van der Waals surface area contributed by atoms with Crippen molar-refractivity contribution in [1.82, 2.24) is 0 Å². The van der Waals surface area contributed by atoms with E-state index in [1.807, 2.05) is 52.0 Å². The van der Waals surface area contributed by atoms with Crippen LogP contribution in [0.15, 0.2) is 54.6 Å². The molecule has 1 unspecified atom stereocenters. The molecule has 2 aliphatic carbocycles. The van der Waals surface area contributed by atoms with Crippen molar-refractivity contribution in [3.63, 3.8) is 0 Å². The van der Waals surface area contributed by atoms with Gasteiger partial charge in [0.15, 0.2) is 0 Å². The molecule has 0 aliphatic heterocycles. The fourth-order valence-electron chi connectivity index (χ4n) is 5.89. The molecule has 3 atom stereocenters. The molecule has 0 bridgehead atoms. The Hall–Kier alpha value is -3.38. The molecule has 39 heavy (non-hydrogen) atoms. The molecule has 0 radical (unpaired) electrons. The first kappa shape index (κ1) is 27.2. The normalized spacial score (nSPS) is 20.4. The topological polar surface area (TPSA) is 65.0 Å². The highest BCUT2D eigenvalue weighted by Crippen LogP contribution is 2.62. The minimum absolute atomic E-state index is 0.0695. The van der Waals surface area contributed by atoms with Crippen LogP contribution in [0.4, 0.5) is 4.39 Å². The Morgan fingerprint density at radius 1 is 1.08 bits per heavy atom. The van der Waals surface area contributed by atoms with Crippen molar-refractivity contribution in [3.8, 4) is 22.6 Å². The number of aryl methyl sites for hydroxylation is 1. The molecular weight excluding hydrogens is 495 g/mol. The SMILES string of the molecule is CCOC(=O)[C@@H]1C[C@]12CCc1ccc(OCc3ccc(-c4cc(OC)ccc4F)c(C(O)C(C)(C)C)c3)cc12. The average Bonchev–Trinajstić information content (AvgIpc) is 3.55. The van der Waals surface area contributed by atoms with Crippen molar-refractivity contribution in [2.24, 2.45) is 11.3 Å². The Kier molecular flexibility index (Phi) is 7.19. The van der Waals surface area contributed by atoms with Gasteiger partial charge in [-0.3, -0.25) is 4.79 Å². The monoisotopic (exact) mass is 532 g/mol. The quantitative estimate of drug-likeness (QED) is 0.319. The maximum absolute atomic E-state index is 14.9. The zero-order chi connectivity index (χ0) is 27.9. The van der Waals surface area contributed by atoms with E-state index < -0.39 is 11.5 Å². The highest BCUT2D eigenvalue weighted by molar-refractivity contribution is 5.80.